The van der Waals surface area contributed by atoms with Crippen LogP contribution in [0.3, 0.4) is 0 Å². The molecule has 1 heterocycles. The molecule has 0 spiro atoms. The lowest BCUT2D eigenvalue weighted by Gasteiger charge is -2.10. The van der Waals surface area contributed by atoms with E-state index in [9.17, 15) is 13.2 Å². The van der Waals surface area contributed by atoms with Crippen LogP contribution in [0.15, 0.2) is 59.6 Å². The van der Waals surface area contributed by atoms with E-state index in [-0.39, 0.29) is 10.9 Å². The highest BCUT2D eigenvalue weighted by atomic mass is 35.5. The highest BCUT2D eigenvalue weighted by molar-refractivity contribution is 7.90. The van der Waals surface area contributed by atoms with Gasteiger partial charge in [0.25, 0.3) is 5.91 Å². The molecule has 0 aliphatic heterocycles. The van der Waals surface area contributed by atoms with Crippen molar-refractivity contribution in [2.45, 2.75) is 5.03 Å². The van der Waals surface area contributed by atoms with Crippen LogP contribution in [-0.4, -0.2) is 37.9 Å². The van der Waals surface area contributed by atoms with Crippen molar-refractivity contribution in [1.29, 1.82) is 0 Å². The molecule has 3 rings (SSSR count). The van der Waals surface area contributed by atoms with Gasteiger partial charge in [0, 0.05) is 22.5 Å². The van der Waals surface area contributed by atoms with Crippen LogP contribution in [0.2, 0.25) is 5.02 Å². The lowest BCUT2D eigenvalue weighted by Crippen LogP contribution is -2.13. The number of sulfone groups is 1. The van der Waals surface area contributed by atoms with E-state index in [2.05, 4.69) is 15.5 Å². The maximum absolute atomic E-state index is 12.5. The maximum Gasteiger partial charge on any atom is 0.259 e. The van der Waals surface area contributed by atoms with Gasteiger partial charge in [-0.2, -0.15) is 0 Å². The molecule has 0 atom stereocenters. The third-order valence-corrected chi connectivity index (χ3v) is 5.08. The molecular weight excluding hydrogens is 402 g/mol. The maximum atomic E-state index is 12.5. The topological polar surface area (TPSA) is 98.2 Å². The summed E-state index contributed by atoms with van der Waals surface area (Å²) in [5, 5.41) is 10.8. The number of nitrogens with one attached hydrogen (secondary N) is 1. The van der Waals surface area contributed by atoms with Crippen molar-refractivity contribution in [1.82, 2.24) is 10.2 Å². The van der Waals surface area contributed by atoms with Gasteiger partial charge in [-0.25, -0.2) is 8.42 Å². The molecule has 0 fully saturated rings. The van der Waals surface area contributed by atoms with Crippen LogP contribution < -0.4 is 10.1 Å². The molecule has 144 valence electrons. The Morgan fingerprint density at radius 2 is 1.75 bits per heavy atom. The average molecular weight is 418 g/mol. The van der Waals surface area contributed by atoms with E-state index in [1.807, 2.05) is 0 Å². The first kappa shape index (κ1) is 19.8. The summed E-state index contributed by atoms with van der Waals surface area (Å²) in [5.74, 6) is 0.0594. The Labute approximate surface area is 167 Å². The van der Waals surface area contributed by atoms with Crippen molar-refractivity contribution in [2.75, 3.05) is 18.7 Å². The summed E-state index contributed by atoms with van der Waals surface area (Å²) in [6.07, 6.45) is 1.07. The Morgan fingerprint density at radius 3 is 2.32 bits per heavy atom. The lowest BCUT2D eigenvalue weighted by atomic mass is 10.1. The van der Waals surface area contributed by atoms with Gasteiger partial charge in [-0.05, 0) is 42.5 Å². The third kappa shape index (κ3) is 4.47. The Bertz CT molecular complexity index is 1110. The van der Waals surface area contributed by atoms with Crippen molar-refractivity contribution in [3.8, 4) is 17.0 Å². The van der Waals surface area contributed by atoms with Crippen LogP contribution in [0.25, 0.3) is 11.3 Å². The minimum Gasteiger partial charge on any atom is -0.496 e. The fourth-order valence-electron chi connectivity index (χ4n) is 2.45. The first-order chi connectivity index (χ1) is 13.3. The first-order valence-electron chi connectivity index (χ1n) is 8.07. The van der Waals surface area contributed by atoms with Crippen LogP contribution in [-0.2, 0) is 9.84 Å². The van der Waals surface area contributed by atoms with E-state index in [0.717, 1.165) is 11.8 Å². The zero-order valence-electron chi connectivity index (χ0n) is 15.0. The summed E-state index contributed by atoms with van der Waals surface area (Å²) in [5.41, 5.74) is 2.13. The summed E-state index contributed by atoms with van der Waals surface area (Å²) in [6, 6.07) is 14.7. The fourth-order valence-corrected chi connectivity index (χ4v) is 3.13. The Balaban J connectivity index is 1.78. The fraction of sp³-hybridized carbons (Fsp3) is 0.105. The van der Waals surface area contributed by atoms with Crippen LogP contribution in [0.1, 0.15) is 10.4 Å². The zero-order chi connectivity index (χ0) is 20.3. The zero-order valence-corrected chi connectivity index (χ0v) is 16.6. The number of anilines is 1. The molecular formula is C19H16ClN3O4S. The van der Waals surface area contributed by atoms with Gasteiger partial charge in [0.05, 0.1) is 18.4 Å². The van der Waals surface area contributed by atoms with Crippen molar-refractivity contribution in [3.63, 3.8) is 0 Å². The van der Waals surface area contributed by atoms with E-state index < -0.39 is 9.84 Å². The predicted octanol–water partition coefficient (Wildman–Crippen LogP) is 3.46. The van der Waals surface area contributed by atoms with Crippen LogP contribution in [0.4, 0.5) is 5.69 Å². The molecule has 0 aliphatic rings. The molecule has 1 aromatic heterocycles. The van der Waals surface area contributed by atoms with E-state index in [4.69, 9.17) is 16.3 Å². The number of hydrogen-bond donors (Lipinski definition) is 1. The number of amides is 1. The monoisotopic (exact) mass is 417 g/mol. The number of rotatable bonds is 5. The number of nitrogens with zero attached hydrogens (tertiary/aromatic N) is 2. The van der Waals surface area contributed by atoms with Gasteiger partial charge in [-0.1, -0.05) is 23.7 Å². The smallest absolute Gasteiger partial charge is 0.259 e. The summed E-state index contributed by atoms with van der Waals surface area (Å²) in [4.78, 5) is 12.5. The van der Waals surface area contributed by atoms with E-state index >= 15 is 0 Å². The van der Waals surface area contributed by atoms with E-state index in [0.29, 0.717) is 27.7 Å². The number of hydrogen-bond acceptors (Lipinski definition) is 6. The molecule has 28 heavy (non-hydrogen) atoms. The quantitative estimate of drug-likeness (QED) is 0.682. The standard InChI is InChI=1S/C19H16ClN3O4S/c1-27-17-9-5-13(20)11-15(17)19(24)21-14-6-3-12(4-7-14)16-8-10-18(23-22-16)28(2,25)26/h3-11H,1-2H3,(H,21,24). The van der Waals surface area contributed by atoms with Crippen LogP contribution >= 0.6 is 11.6 Å². The van der Waals surface area contributed by atoms with Crippen molar-refractivity contribution in [2.24, 2.45) is 0 Å². The molecule has 0 bridgehead atoms. The average Bonchev–Trinajstić information content (AvgIpc) is 2.68. The Kier molecular flexibility index (Phi) is 5.62. The molecule has 0 unspecified atom stereocenters. The molecule has 9 heteroatoms. The third-order valence-electron chi connectivity index (χ3n) is 3.86. The number of benzene rings is 2. The minimum atomic E-state index is -3.40. The summed E-state index contributed by atoms with van der Waals surface area (Å²) >= 11 is 5.96. The molecule has 0 aliphatic carbocycles. The van der Waals surface area contributed by atoms with Crippen LogP contribution in [0, 0.1) is 0 Å². The normalized spacial score (nSPS) is 11.1. The SMILES string of the molecule is COc1ccc(Cl)cc1C(=O)Nc1ccc(-c2ccc(S(C)(=O)=O)nn2)cc1. The molecule has 0 saturated heterocycles. The minimum absolute atomic E-state index is 0.0874. The van der Waals surface area contributed by atoms with Gasteiger partial charge >= 0.3 is 0 Å². The second-order valence-corrected chi connectivity index (χ2v) is 8.30. The number of carbonyl (C=O) groups is 1. The number of carbonyl (C=O) groups excluding carboxylic acids is 1. The Morgan fingerprint density at radius 1 is 1.04 bits per heavy atom. The first-order valence-corrected chi connectivity index (χ1v) is 10.3. The highest BCUT2D eigenvalue weighted by Crippen LogP contribution is 2.25. The second kappa shape index (κ2) is 7.95. The predicted molar refractivity (Wildman–Crippen MR) is 107 cm³/mol. The van der Waals surface area contributed by atoms with Crippen molar-refractivity contribution >= 4 is 33.0 Å². The summed E-state index contributed by atoms with van der Waals surface area (Å²) < 4.78 is 28.1. The molecule has 2 aromatic carbocycles. The van der Waals surface area contributed by atoms with Gasteiger partial charge < -0.3 is 10.1 Å². The van der Waals surface area contributed by atoms with Gasteiger partial charge in [0.15, 0.2) is 14.9 Å². The summed E-state index contributed by atoms with van der Waals surface area (Å²) in [7, 11) is -1.92. The summed E-state index contributed by atoms with van der Waals surface area (Å²) in [6.45, 7) is 0. The molecule has 1 amide bonds. The van der Waals surface area contributed by atoms with Crippen molar-refractivity contribution < 1.29 is 17.9 Å². The van der Waals surface area contributed by atoms with Gasteiger partial charge in [-0.15, -0.1) is 10.2 Å². The number of halogens is 1. The van der Waals surface area contributed by atoms with E-state index in [1.165, 1.54) is 19.2 Å². The Hall–Kier alpha value is -2.97. The molecule has 7 nitrogen and oxygen atoms in total. The molecule has 3 aromatic rings. The number of ether oxygens (including phenoxy) is 1. The second-order valence-electron chi connectivity index (χ2n) is 5.91. The van der Waals surface area contributed by atoms with Crippen LogP contribution in [0.5, 0.6) is 5.75 Å². The molecule has 0 saturated carbocycles. The molecule has 0 radical (unpaired) electrons. The largest absolute Gasteiger partial charge is 0.496 e. The molecule has 1 N–H and O–H groups in total. The van der Waals surface area contributed by atoms with Gasteiger partial charge in [-0.3, -0.25) is 4.79 Å². The van der Waals surface area contributed by atoms with E-state index in [1.54, 1.807) is 42.5 Å². The highest BCUT2D eigenvalue weighted by Gasteiger charge is 2.14. The number of aromatic nitrogens is 2. The van der Waals surface area contributed by atoms with Gasteiger partial charge in [0.2, 0.25) is 0 Å². The lowest BCUT2D eigenvalue weighted by molar-refractivity contribution is 0.102. The van der Waals surface area contributed by atoms with Gasteiger partial charge in [0.1, 0.15) is 5.75 Å². The van der Waals surface area contributed by atoms with Crippen molar-refractivity contribution in [3.05, 3.63) is 65.2 Å². The number of methoxy groups -OCH3 is 1.